The Hall–Kier alpha value is -1.39. The Balaban J connectivity index is 2.72. The number of rotatable bonds is 5. The molecule has 1 aromatic heterocycles. The van der Waals surface area contributed by atoms with E-state index in [2.05, 4.69) is 24.1 Å². The van der Waals surface area contributed by atoms with Crippen LogP contribution in [-0.2, 0) is 6.54 Å². The second-order valence-electron chi connectivity index (χ2n) is 4.70. The highest BCUT2D eigenvalue weighted by molar-refractivity contribution is 6.31. The van der Waals surface area contributed by atoms with Gasteiger partial charge in [0.25, 0.3) is 5.56 Å². The maximum Gasteiger partial charge on any atom is 0.261 e. The van der Waals surface area contributed by atoms with E-state index < -0.39 is 0 Å². The Morgan fingerprint density at radius 2 is 2.10 bits per heavy atom. The van der Waals surface area contributed by atoms with Crippen molar-refractivity contribution in [2.75, 3.05) is 6.54 Å². The lowest BCUT2D eigenvalue weighted by molar-refractivity contribution is 0.475. The number of fused-ring (bicyclic) bond motifs is 1. The predicted octanol–water partition coefficient (Wildman–Crippen LogP) is 3.13. The Morgan fingerprint density at radius 1 is 1.35 bits per heavy atom. The Labute approximate surface area is 123 Å². The van der Waals surface area contributed by atoms with E-state index in [9.17, 15) is 4.79 Å². The van der Waals surface area contributed by atoms with Crippen molar-refractivity contribution in [1.82, 2.24) is 14.9 Å². The van der Waals surface area contributed by atoms with Crippen LogP contribution in [0.3, 0.4) is 0 Å². The van der Waals surface area contributed by atoms with Gasteiger partial charge in [-0.2, -0.15) is 0 Å². The van der Waals surface area contributed by atoms with Crippen LogP contribution < -0.4 is 10.9 Å². The number of aromatic nitrogens is 2. The molecule has 1 atom stereocenters. The molecule has 2 rings (SSSR count). The molecule has 1 unspecified atom stereocenters. The van der Waals surface area contributed by atoms with Gasteiger partial charge in [0.05, 0.1) is 16.9 Å². The van der Waals surface area contributed by atoms with Crippen LogP contribution in [0.5, 0.6) is 0 Å². The maximum atomic E-state index is 12.6. The van der Waals surface area contributed by atoms with Gasteiger partial charge in [-0.3, -0.25) is 9.36 Å². The Kier molecular flexibility index (Phi) is 4.78. The quantitative estimate of drug-likeness (QED) is 0.921. The summed E-state index contributed by atoms with van der Waals surface area (Å²) in [4.78, 5) is 17.2. The van der Waals surface area contributed by atoms with Crippen LogP contribution >= 0.6 is 11.6 Å². The molecular formula is C15H20ClN3O. The van der Waals surface area contributed by atoms with E-state index in [0.29, 0.717) is 22.5 Å². The second kappa shape index (κ2) is 6.37. The van der Waals surface area contributed by atoms with Crippen LogP contribution in [0.25, 0.3) is 10.9 Å². The lowest BCUT2D eigenvalue weighted by Crippen LogP contribution is -2.31. The zero-order valence-corrected chi connectivity index (χ0v) is 12.9. The summed E-state index contributed by atoms with van der Waals surface area (Å²) >= 11 is 6.01. The van der Waals surface area contributed by atoms with Crippen molar-refractivity contribution in [2.24, 2.45) is 0 Å². The summed E-state index contributed by atoms with van der Waals surface area (Å²) in [7, 11) is 0. The standard InChI is InChI=1S/C15H20ClN3O/c1-4-12(17-5-2)14-18-13-9-10(16)7-8-11(13)15(20)19(14)6-3/h7-9,12,17H,4-6H2,1-3H3. The number of benzene rings is 1. The molecule has 20 heavy (non-hydrogen) atoms. The molecule has 0 saturated heterocycles. The van der Waals surface area contributed by atoms with Gasteiger partial charge in [0.2, 0.25) is 0 Å². The third kappa shape index (κ3) is 2.72. The Morgan fingerprint density at radius 3 is 2.70 bits per heavy atom. The fourth-order valence-corrected chi connectivity index (χ4v) is 2.61. The summed E-state index contributed by atoms with van der Waals surface area (Å²) in [6, 6.07) is 5.31. The molecule has 0 aliphatic heterocycles. The molecule has 108 valence electrons. The number of hydrogen-bond acceptors (Lipinski definition) is 3. The monoisotopic (exact) mass is 293 g/mol. The lowest BCUT2D eigenvalue weighted by Gasteiger charge is -2.20. The summed E-state index contributed by atoms with van der Waals surface area (Å²) < 4.78 is 1.74. The summed E-state index contributed by atoms with van der Waals surface area (Å²) in [6.07, 6.45) is 0.881. The molecule has 2 aromatic rings. The van der Waals surface area contributed by atoms with Crippen molar-refractivity contribution in [3.63, 3.8) is 0 Å². The molecule has 0 radical (unpaired) electrons. The Bertz CT molecular complexity index is 666. The van der Waals surface area contributed by atoms with E-state index in [4.69, 9.17) is 11.6 Å². The minimum absolute atomic E-state index is 0.000481. The molecule has 0 aliphatic carbocycles. The summed E-state index contributed by atoms with van der Waals surface area (Å²) in [6.45, 7) is 7.55. The molecule has 0 spiro atoms. The van der Waals surface area contributed by atoms with E-state index in [1.165, 1.54) is 0 Å². The molecule has 1 heterocycles. The van der Waals surface area contributed by atoms with Gasteiger partial charge in [0.15, 0.2) is 0 Å². The van der Waals surface area contributed by atoms with Crippen molar-refractivity contribution in [3.8, 4) is 0 Å². The SMILES string of the molecule is CCNC(CC)c1nc2cc(Cl)ccc2c(=O)n1CC. The first-order valence-electron chi connectivity index (χ1n) is 7.05. The average molecular weight is 294 g/mol. The van der Waals surface area contributed by atoms with E-state index >= 15 is 0 Å². The largest absolute Gasteiger partial charge is 0.308 e. The first-order valence-corrected chi connectivity index (χ1v) is 7.43. The van der Waals surface area contributed by atoms with Crippen molar-refractivity contribution < 1.29 is 0 Å². The summed E-state index contributed by atoms with van der Waals surface area (Å²) in [5.41, 5.74) is 0.666. The first kappa shape index (κ1) is 15.0. The fraction of sp³-hybridized carbons (Fsp3) is 0.467. The molecule has 0 bridgehead atoms. The van der Waals surface area contributed by atoms with E-state index in [1.807, 2.05) is 6.92 Å². The molecular weight excluding hydrogens is 274 g/mol. The smallest absolute Gasteiger partial charge is 0.261 e. The molecule has 0 aliphatic rings. The summed E-state index contributed by atoms with van der Waals surface area (Å²) in [5.74, 6) is 0.789. The molecule has 0 fully saturated rings. The van der Waals surface area contributed by atoms with E-state index in [0.717, 1.165) is 18.8 Å². The van der Waals surface area contributed by atoms with Gasteiger partial charge >= 0.3 is 0 Å². The normalized spacial score (nSPS) is 12.8. The van der Waals surface area contributed by atoms with Crippen LogP contribution in [0.15, 0.2) is 23.0 Å². The highest BCUT2D eigenvalue weighted by atomic mass is 35.5. The van der Waals surface area contributed by atoms with Crippen LogP contribution in [0.2, 0.25) is 5.02 Å². The van der Waals surface area contributed by atoms with Crippen molar-refractivity contribution in [1.29, 1.82) is 0 Å². The fourth-order valence-electron chi connectivity index (χ4n) is 2.45. The number of nitrogens with zero attached hydrogens (tertiary/aromatic N) is 2. The van der Waals surface area contributed by atoms with Gasteiger partial charge in [0, 0.05) is 11.6 Å². The van der Waals surface area contributed by atoms with Gasteiger partial charge in [-0.25, -0.2) is 4.98 Å². The van der Waals surface area contributed by atoms with Crippen LogP contribution in [0, 0.1) is 0 Å². The van der Waals surface area contributed by atoms with Gasteiger partial charge < -0.3 is 5.32 Å². The molecule has 4 nitrogen and oxygen atoms in total. The van der Waals surface area contributed by atoms with Crippen LogP contribution in [0.1, 0.15) is 39.1 Å². The third-order valence-electron chi connectivity index (χ3n) is 3.43. The number of nitrogens with one attached hydrogen (secondary N) is 1. The van der Waals surface area contributed by atoms with Gasteiger partial charge in [-0.15, -0.1) is 0 Å². The maximum absolute atomic E-state index is 12.6. The van der Waals surface area contributed by atoms with Crippen LogP contribution in [-0.4, -0.2) is 16.1 Å². The summed E-state index contributed by atoms with van der Waals surface area (Å²) in [5, 5.41) is 4.59. The molecule has 1 aromatic carbocycles. The lowest BCUT2D eigenvalue weighted by atomic mass is 10.1. The van der Waals surface area contributed by atoms with Crippen molar-refractivity contribution in [2.45, 2.75) is 39.8 Å². The second-order valence-corrected chi connectivity index (χ2v) is 5.14. The molecule has 5 heteroatoms. The minimum atomic E-state index is 0.000481. The molecule has 0 saturated carbocycles. The minimum Gasteiger partial charge on any atom is -0.308 e. The number of hydrogen-bond donors (Lipinski definition) is 1. The average Bonchev–Trinajstić information content (AvgIpc) is 2.44. The van der Waals surface area contributed by atoms with Crippen molar-refractivity contribution >= 4 is 22.5 Å². The third-order valence-corrected chi connectivity index (χ3v) is 3.67. The zero-order chi connectivity index (χ0) is 14.7. The topological polar surface area (TPSA) is 46.9 Å². The van der Waals surface area contributed by atoms with Crippen molar-refractivity contribution in [3.05, 3.63) is 39.4 Å². The molecule has 1 N–H and O–H groups in total. The van der Waals surface area contributed by atoms with Crippen LogP contribution in [0.4, 0.5) is 0 Å². The van der Waals surface area contributed by atoms with Gasteiger partial charge in [-0.05, 0) is 38.1 Å². The zero-order valence-electron chi connectivity index (χ0n) is 12.1. The van der Waals surface area contributed by atoms with Gasteiger partial charge in [0.1, 0.15) is 5.82 Å². The van der Waals surface area contributed by atoms with E-state index in [-0.39, 0.29) is 11.6 Å². The van der Waals surface area contributed by atoms with Gasteiger partial charge in [-0.1, -0.05) is 25.4 Å². The highest BCUT2D eigenvalue weighted by Gasteiger charge is 2.17. The van der Waals surface area contributed by atoms with E-state index in [1.54, 1.807) is 22.8 Å². The predicted molar refractivity (Wildman–Crippen MR) is 83.4 cm³/mol. The first-order chi connectivity index (χ1) is 9.62. The number of halogens is 1. The molecule has 0 amide bonds. The highest BCUT2D eigenvalue weighted by Crippen LogP contribution is 2.19.